The average Bonchev–Trinajstić information content (AvgIpc) is 3.37. The molecule has 0 unspecified atom stereocenters. The van der Waals surface area contributed by atoms with Crippen LogP contribution >= 0.6 is 11.3 Å². The summed E-state index contributed by atoms with van der Waals surface area (Å²) >= 11 is 1.03. The van der Waals surface area contributed by atoms with E-state index in [4.69, 9.17) is 4.18 Å². The van der Waals surface area contributed by atoms with Crippen LogP contribution in [-0.2, 0) is 27.3 Å². The van der Waals surface area contributed by atoms with Crippen LogP contribution in [0.3, 0.4) is 0 Å². The van der Waals surface area contributed by atoms with Gasteiger partial charge in [-0.05, 0) is 69.1 Å². The van der Waals surface area contributed by atoms with E-state index in [1.807, 2.05) is 25.3 Å². The highest BCUT2D eigenvalue weighted by molar-refractivity contribution is 7.89. The fraction of sp³-hybridized carbons (Fsp3) is 0.481. The Morgan fingerprint density at radius 1 is 1.26 bits per heavy atom. The van der Waals surface area contributed by atoms with E-state index in [0.717, 1.165) is 41.3 Å². The van der Waals surface area contributed by atoms with Gasteiger partial charge in [0.15, 0.2) is 4.21 Å². The number of benzene rings is 1. The van der Waals surface area contributed by atoms with Crippen molar-refractivity contribution in [2.75, 3.05) is 0 Å². The van der Waals surface area contributed by atoms with E-state index in [-0.39, 0.29) is 16.7 Å². The Kier molecular flexibility index (Phi) is 8.29. The third-order valence-corrected chi connectivity index (χ3v) is 9.84. The molecule has 0 saturated heterocycles. The summed E-state index contributed by atoms with van der Waals surface area (Å²) in [6.07, 6.45) is 5.83. The zero-order valence-corrected chi connectivity index (χ0v) is 23.7. The van der Waals surface area contributed by atoms with Gasteiger partial charge in [-0.2, -0.15) is 8.42 Å². The summed E-state index contributed by atoms with van der Waals surface area (Å²) < 4.78 is 48.6. The van der Waals surface area contributed by atoms with E-state index in [1.165, 1.54) is 6.07 Å². The van der Waals surface area contributed by atoms with Crippen molar-refractivity contribution in [1.82, 2.24) is 14.9 Å². The van der Waals surface area contributed by atoms with E-state index in [2.05, 4.69) is 10.3 Å². The second kappa shape index (κ2) is 11.2. The number of rotatable bonds is 8. The Labute approximate surface area is 227 Å². The third-order valence-electron chi connectivity index (χ3n) is 6.84. The Morgan fingerprint density at radius 3 is 2.58 bits per heavy atom. The Morgan fingerprint density at radius 2 is 1.97 bits per heavy atom. The first-order valence-electron chi connectivity index (χ1n) is 12.8. The lowest BCUT2D eigenvalue weighted by Crippen LogP contribution is -2.50. The number of aliphatic hydroxyl groups is 1. The molecule has 2 aromatic heterocycles. The van der Waals surface area contributed by atoms with Crippen LogP contribution < -0.4 is 5.32 Å². The van der Waals surface area contributed by atoms with Crippen LogP contribution in [0.25, 0.3) is 11.1 Å². The largest absolute Gasteiger partial charge is 0.425 e. The molecular formula is C27H34FN3O5S2. The lowest BCUT2D eigenvalue weighted by Gasteiger charge is -2.32. The van der Waals surface area contributed by atoms with Gasteiger partial charge in [0.05, 0.1) is 6.54 Å². The van der Waals surface area contributed by atoms with Crippen molar-refractivity contribution in [2.24, 2.45) is 5.92 Å². The minimum Gasteiger partial charge on any atom is -0.371 e. The van der Waals surface area contributed by atoms with E-state index in [1.54, 1.807) is 31.5 Å². The first kappa shape index (κ1) is 28.3. The van der Waals surface area contributed by atoms with Gasteiger partial charge >= 0.3 is 16.2 Å². The van der Waals surface area contributed by atoms with Gasteiger partial charge in [0, 0.05) is 28.4 Å². The first-order chi connectivity index (χ1) is 17.9. The molecule has 0 atom stereocenters. The number of hydrogen-bond donors (Lipinski definition) is 2. The van der Waals surface area contributed by atoms with E-state index in [0.29, 0.717) is 41.5 Å². The summed E-state index contributed by atoms with van der Waals surface area (Å²) in [6, 6.07) is 4.63. The summed E-state index contributed by atoms with van der Waals surface area (Å²) in [5.41, 5.74) is 0.347. The standard InChI is InChI=1S/C27H34FN3O5S2/c1-17(2)14-23-18(3)24(20-8-9-21(22(28)15-20)16-31-13-12-29-19(31)4)25(37-23)38(34,35)36-26(32)30-27(33)10-6-5-7-11-27/h8-9,12-13,15,17,33H,5-7,10-11,14,16H2,1-4H3,(H,30,32). The van der Waals surface area contributed by atoms with Crippen molar-refractivity contribution >= 4 is 27.5 Å². The molecule has 0 radical (unpaired) electrons. The van der Waals surface area contributed by atoms with Crippen LogP contribution in [0.1, 0.15) is 67.8 Å². The van der Waals surface area contributed by atoms with Gasteiger partial charge in [0.25, 0.3) is 0 Å². The molecule has 206 valence electrons. The van der Waals surface area contributed by atoms with Crippen LogP contribution in [0.2, 0.25) is 0 Å². The number of hydrogen-bond acceptors (Lipinski definition) is 7. The molecule has 8 nitrogen and oxygen atoms in total. The highest BCUT2D eigenvalue weighted by Gasteiger charge is 2.35. The van der Waals surface area contributed by atoms with Crippen molar-refractivity contribution in [1.29, 1.82) is 0 Å². The molecule has 1 aliphatic carbocycles. The number of aromatic nitrogens is 2. The average molecular weight is 564 g/mol. The molecule has 1 amide bonds. The van der Waals surface area contributed by atoms with Crippen molar-refractivity contribution in [3.63, 3.8) is 0 Å². The lowest BCUT2D eigenvalue weighted by atomic mass is 9.92. The topological polar surface area (TPSA) is 111 Å². The number of amides is 1. The summed E-state index contributed by atoms with van der Waals surface area (Å²) in [7, 11) is -4.56. The van der Waals surface area contributed by atoms with Gasteiger partial charge in [0.1, 0.15) is 17.4 Å². The summed E-state index contributed by atoms with van der Waals surface area (Å²) in [6.45, 7) is 7.96. The molecule has 11 heteroatoms. The normalized spacial score (nSPS) is 15.6. The molecule has 1 saturated carbocycles. The summed E-state index contributed by atoms with van der Waals surface area (Å²) in [5.74, 6) is 0.522. The number of thiophene rings is 1. The number of nitrogens with one attached hydrogen (secondary N) is 1. The van der Waals surface area contributed by atoms with Crippen LogP contribution in [-0.4, -0.2) is 34.9 Å². The Balaban J connectivity index is 1.68. The zero-order chi connectivity index (χ0) is 27.7. The molecule has 2 heterocycles. The maximum Gasteiger partial charge on any atom is 0.425 e. The first-order valence-corrected chi connectivity index (χ1v) is 15.0. The SMILES string of the molecule is Cc1c(CC(C)C)sc(S(=O)(=O)OC(=O)NC2(O)CCCCC2)c1-c1ccc(Cn2ccnc2C)c(F)c1. The van der Waals surface area contributed by atoms with Crippen LogP contribution in [0.5, 0.6) is 0 Å². The molecule has 4 rings (SSSR count). The molecule has 0 aliphatic heterocycles. The van der Waals surface area contributed by atoms with Crippen molar-refractivity contribution in [3.8, 4) is 11.1 Å². The minimum absolute atomic E-state index is 0.158. The molecule has 1 aliphatic rings. The van der Waals surface area contributed by atoms with Gasteiger partial charge in [-0.25, -0.2) is 14.2 Å². The highest BCUT2D eigenvalue weighted by Crippen LogP contribution is 2.41. The van der Waals surface area contributed by atoms with Crippen LogP contribution in [0.15, 0.2) is 34.8 Å². The zero-order valence-electron chi connectivity index (χ0n) is 22.1. The molecule has 0 bridgehead atoms. The van der Waals surface area contributed by atoms with E-state index >= 15 is 4.39 Å². The monoisotopic (exact) mass is 563 g/mol. The minimum atomic E-state index is -4.56. The van der Waals surface area contributed by atoms with Gasteiger partial charge in [-0.1, -0.05) is 32.4 Å². The fourth-order valence-electron chi connectivity index (χ4n) is 4.80. The number of nitrogens with zero attached hydrogens (tertiary/aromatic N) is 2. The summed E-state index contributed by atoms with van der Waals surface area (Å²) in [4.78, 5) is 17.5. The maximum absolute atomic E-state index is 15.2. The number of carbonyl (C=O) groups is 1. The Hall–Kier alpha value is -2.76. The van der Waals surface area contributed by atoms with Gasteiger partial charge < -0.3 is 13.9 Å². The van der Waals surface area contributed by atoms with Gasteiger partial charge in [-0.15, -0.1) is 11.3 Å². The van der Waals surface area contributed by atoms with Gasteiger partial charge in [0.2, 0.25) is 0 Å². The maximum atomic E-state index is 15.2. The predicted molar refractivity (Wildman–Crippen MR) is 144 cm³/mol. The molecule has 3 aromatic rings. The molecule has 1 fully saturated rings. The van der Waals surface area contributed by atoms with Crippen molar-refractivity contribution < 1.29 is 26.9 Å². The highest BCUT2D eigenvalue weighted by atomic mass is 32.3. The second-order valence-corrected chi connectivity index (χ2v) is 13.2. The van der Waals surface area contributed by atoms with Gasteiger partial charge in [-0.3, -0.25) is 5.32 Å². The molecule has 38 heavy (non-hydrogen) atoms. The smallest absolute Gasteiger partial charge is 0.371 e. The van der Waals surface area contributed by atoms with Crippen LogP contribution in [0.4, 0.5) is 9.18 Å². The van der Waals surface area contributed by atoms with Crippen molar-refractivity contribution in [3.05, 3.63) is 58.2 Å². The fourth-order valence-corrected chi connectivity index (χ4v) is 7.72. The molecule has 1 aromatic carbocycles. The van der Waals surface area contributed by atoms with E-state index < -0.39 is 27.8 Å². The number of imidazole rings is 1. The van der Waals surface area contributed by atoms with Crippen LogP contribution in [0, 0.1) is 25.6 Å². The molecule has 2 N–H and O–H groups in total. The number of aryl methyl sites for hydroxylation is 1. The quantitative estimate of drug-likeness (QED) is 0.269. The lowest BCUT2D eigenvalue weighted by molar-refractivity contribution is -0.0209. The van der Waals surface area contributed by atoms with E-state index in [9.17, 15) is 18.3 Å². The predicted octanol–water partition coefficient (Wildman–Crippen LogP) is 5.68. The summed E-state index contributed by atoms with van der Waals surface area (Å²) in [5, 5.41) is 12.9. The number of halogens is 1. The second-order valence-electron chi connectivity index (χ2n) is 10.4. The number of carbonyl (C=O) groups excluding carboxylic acids is 1. The third kappa shape index (κ3) is 6.27. The molecular weight excluding hydrogens is 529 g/mol. The molecule has 0 spiro atoms. The Bertz CT molecular complexity index is 1420. The van der Waals surface area contributed by atoms with Crippen molar-refractivity contribution in [2.45, 2.75) is 82.7 Å².